The molecular formula is C19H23NO3. The minimum Gasteiger partial charge on any atom is -0.497 e. The summed E-state index contributed by atoms with van der Waals surface area (Å²) in [4.78, 5) is 11.9. The number of benzene rings is 2. The highest BCUT2D eigenvalue weighted by molar-refractivity contribution is 5.76. The summed E-state index contributed by atoms with van der Waals surface area (Å²) in [5, 5.41) is 12.9. The predicted molar refractivity (Wildman–Crippen MR) is 90.5 cm³/mol. The van der Waals surface area contributed by atoms with Gasteiger partial charge in [-0.25, -0.2) is 0 Å². The molecular weight excluding hydrogens is 290 g/mol. The molecule has 2 rings (SSSR count). The average Bonchev–Trinajstić information content (AvgIpc) is 2.59. The number of aryl methyl sites for hydroxylation is 2. The minimum atomic E-state index is -0.718. The third-order valence-corrected chi connectivity index (χ3v) is 3.75. The first-order valence-corrected chi connectivity index (χ1v) is 7.73. The van der Waals surface area contributed by atoms with Gasteiger partial charge >= 0.3 is 0 Å². The highest BCUT2D eigenvalue weighted by atomic mass is 16.5. The van der Waals surface area contributed by atoms with E-state index < -0.39 is 6.10 Å². The van der Waals surface area contributed by atoms with Gasteiger partial charge < -0.3 is 15.2 Å². The maximum atomic E-state index is 11.9. The Morgan fingerprint density at radius 2 is 1.78 bits per heavy atom. The first-order valence-electron chi connectivity index (χ1n) is 7.73. The molecule has 2 N–H and O–H groups in total. The zero-order chi connectivity index (χ0) is 16.7. The molecule has 0 spiro atoms. The van der Waals surface area contributed by atoms with Gasteiger partial charge in [0.15, 0.2) is 0 Å². The number of nitrogens with one attached hydrogen (secondary N) is 1. The Balaban J connectivity index is 1.75. The van der Waals surface area contributed by atoms with Gasteiger partial charge in [0.05, 0.1) is 13.2 Å². The van der Waals surface area contributed by atoms with E-state index in [1.807, 2.05) is 31.2 Å². The lowest BCUT2D eigenvalue weighted by atomic mass is 10.1. The Hall–Kier alpha value is -2.33. The molecule has 0 aliphatic rings. The molecule has 0 aliphatic carbocycles. The van der Waals surface area contributed by atoms with Crippen molar-refractivity contribution in [3.8, 4) is 5.75 Å². The summed E-state index contributed by atoms with van der Waals surface area (Å²) in [5.41, 5.74) is 3.10. The van der Waals surface area contributed by atoms with Crippen molar-refractivity contribution in [3.05, 3.63) is 65.2 Å². The zero-order valence-corrected chi connectivity index (χ0v) is 13.6. The summed E-state index contributed by atoms with van der Waals surface area (Å²) in [6, 6.07) is 15.3. The van der Waals surface area contributed by atoms with Crippen molar-refractivity contribution in [2.75, 3.05) is 13.7 Å². The van der Waals surface area contributed by atoms with E-state index in [1.54, 1.807) is 31.4 Å². The number of aliphatic hydroxyl groups excluding tert-OH is 1. The lowest BCUT2D eigenvalue weighted by Gasteiger charge is -2.13. The van der Waals surface area contributed by atoms with E-state index in [0.717, 1.165) is 16.9 Å². The lowest BCUT2D eigenvalue weighted by Crippen LogP contribution is -2.28. The quantitative estimate of drug-likeness (QED) is 0.826. The number of hydrogen-bond acceptors (Lipinski definition) is 3. The number of methoxy groups -OCH3 is 1. The smallest absolute Gasteiger partial charge is 0.220 e. The largest absolute Gasteiger partial charge is 0.497 e. The molecule has 4 heteroatoms. The molecule has 23 heavy (non-hydrogen) atoms. The average molecular weight is 313 g/mol. The molecule has 0 unspecified atom stereocenters. The standard InChI is InChI=1S/C19H23NO3/c1-14-3-5-15(6-4-14)7-12-19(22)20-13-18(21)16-8-10-17(23-2)11-9-16/h3-6,8-11,18,21H,7,12-13H2,1-2H3,(H,20,22)/t18-/m1/s1. The summed E-state index contributed by atoms with van der Waals surface area (Å²) in [7, 11) is 1.60. The van der Waals surface area contributed by atoms with Gasteiger partial charge in [-0.15, -0.1) is 0 Å². The van der Waals surface area contributed by atoms with E-state index >= 15 is 0 Å². The van der Waals surface area contributed by atoms with Crippen molar-refractivity contribution in [1.82, 2.24) is 5.32 Å². The summed E-state index contributed by atoms with van der Waals surface area (Å²) in [5.74, 6) is 0.682. The molecule has 2 aromatic carbocycles. The number of carbonyl (C=O) groups excluding carboxylic acids is 1. The maximum absolute atomic E-state index is 11.9. The van der Waals surface area contributed by atoms with Crippen molar-refractivity contribution in [2.24, 2.45) is 0 Å². The molecule has 0 saturated heterocycles. The summed E-state index contributed by atoms with van der Waals surface area (Å²) >= 11 is 0. The van der Waals surface area contributed by atoms with Gasteiger partial charge in [0.1, 0.15) is 5.75 Å². The second kappa shape index (κ2) is 8.34. The highest BCUT2D eigenvalue weighted by Crippen LogP contribution is 2.17. The summed E-state index contributed by atoms with van der Waals surface area (Å²) in [6.45, 7) is 2.25. The zero-order valence-electron chi connectivity index (χ0n) is 13.6. The summed E-state index contributed by atoms with van der Waals surface area (Å²) < 4.78 is 5.08. The van der Waals surface area contributed by atoms with Crippen molar-refractivity contribution in [3.63, 3.8) is 0 Å². The van der Waals surface area contributed by atoms with Crippen molar-refractivity contribution in [2.45, 2.75) is 25.9 Å². The van der Waals surface area contributed by atoms with E-state index in [1.165, 1.54) is 5.56 Å². The molecule has 2 aromatic rings. The van der Waals surface area contributed by atoms with Crippen LogP contribution >= 0.6 is 0 Å². The third-order valence-electron chi connectivity index (χ3n) is 3.75. The van der Waals surface area contributed by atoms with Crippen LogP contribution in [0, 0.1) is 6.92 Å². The minimum absolute atomic E-state index is 0.0573. The predicted octanol–water partition coefficient (Wildman–Crippen LogP) is 2.79. The lowest BCUT2D eigenvalue weighted by molar-refractivity contribution is -0.121. The van der Waals surface area contributed by atoms with Crippen LogP contribution in [0.1, 0.15) is 29.2 Å². The van der Waals surface area contributed by atoms with Crippen molar-refractivity contribution in [1.29, 1.82) is 0 Å². The number of aliphatic hydroxyl groups is 1. The highest BCUT2D eigenvalue weighted by Gasteiger charge is 2.10. The molecule has 0 aromatic heterocycles. The van der Waals surface area contributed by atoms with Gasteiger partial charge in [0.2, 0.25) is 5.91 Å². The number of amides is 1. The van der Waals surface area contributed by atoms with E-state index in [2.05, 4.69) is 5.32 Å². The number of ether oxygens (including phenoxy) is 1. The Labute approximate surface area is 137 Å². The third kappa shape index (κ3) is 5.42. The van der Waals surface area contributed by atoms with Crippen LogP contribution in [0.5, 0.6) is 5.75 Å². The van der Waals surface area contributed by atoms with Gasteiger partial charge in [-0.05, 0) is 36.6 Å². The topological polar surface area (TPSA) is 58.6 Å². The number of hydrogen-bond donors (Lipinski definition) is 2. The van der Waals surface area contributed by atoms with E-state index in [4.69, 9.17) is 4.74 Å². The van der Waals surface area contributed by atoms with Crippen LogP contribution in [0.15, 0.2) is 48.5 Å². The Kier molecular flexibility index (Phi) is 6.18. The van der Waals surface area contributed by atoms with E-state index in [-0.39, 0.29) is 12.5 Å². The van der Waals surface area contributed by atoms with Gasteiger partial charge in [0, 0.05) is 13.0 Å². The molecule has 0 radical (unpaired) electrons. The monoisotopic (exact) mass is 313 g/mol. The Bertz CT molecular complexity index is 620. The second-order valence-electron chi connectivity index (χ2n) is 5.58. The van der Waals surface area contributed by atoms with Crippen LogP contribution in [0.3, 0.4) is 0 Å². The number of rotatable bonds is 7. The molecule has 122 valence electrons. The fourth-order valence-corrected chi connectivity index (χ4v) is 2.26. The van der Waals surface area contributed by atoms with Crippen LogP contribution < -0.4 is 10.1 Å². The molecule has 1 atom stereocenters. The van der Waals surface area contributed by atoms with Crippen molar-refractivity contribution >= 4 is 5.91 Å². The Morgan fingerprint density at radius 1 is 1.13 bits per heavy atom. The fourth-order valence-electron chi connectivity index (χ4n) is 2.26. The van der Waals surface area contributed by atoms with Crippen LogP contribution in [0.25, 0.3) is 0 Å². The van der Waals surface area contributed by atoms with Crippen LogP contribution in [-0.2, 0) is 11.2 Å². The molecule has 0 heterocycles. The molecule has 0 saturated carbocycles. The normalized spacial score (nSPS) is 11.8. The van der Waals surface area contributed by atoms with Crippen LogP contribution in [0.4, 0.5) is 0 Å². The maximum Gasteiger partial charge on any atom is 0.220 e. The molecule has 0 fully saturated rings. The molecule has 0 bridgehead atoms. The fraction of sp³-hybridized carbons (Fsp3) is 0.316. The molecule has 0 aliphatic heterocycles. The van der Waals surface area contributed by atoms with E-state index in [9.17, 15) is 9.90 Å². The number of carbonyl (C=O) groups is 1. The van der Waals surface area contributed by atoms with E-state index in [0.29, 0.717) is 12.8 Å². The first kappa shape index (κ1) is 17.0. The molecule has 1 amide bonds. The Morgan fingerprint density at radius 3 is 2.39 bits per heavy atom. The van der Waals surface area contributed by atoms with Gasteiger partial charge in [0.25, 0.3) is 0 Å². The second-order valence-corrected chi connectivity index (χ2v) is 5.58. The summed E-state index contributed by atoms with van der Waals surface area (Å²) in [6.07, 6.45) is 0.396. The van der Waals surface area contributed by atoms with Gasteiger partial charge in [-0.3, -0.25) is 4.79 Å². The van der Waals surface area contributed by atoms with Gasteiger partial charge in [-0.2, -0.15) is 0 Å². The first-order chi connectivity index (χ1) is 11.1. The van der Waals surface area contributed by atoms with Crippen LogP contribution in [0.2, 0.25) is 0 Å². The van der Waals surface area contributed by atoms with Crippen molar-refractivity contribution < 1.29 is 14.6 Å². The van der Waals surface area contributed by atoms with Gasteiger partial charge in [-0.1, -0.05) is 42.0 Å². The SMILES string of the molecule is COc1ccc([C@H](O)CNC(=O)CCc2ccc(C)cc2)cc1. The van der Waals surface area contributed by atoms with Crippen LogP contribution in [-0.4, -0.2) is 24.7 Å². The molecule has 4 nitrogen and oxygen atoms in total.